The number of carboxylic acid groups (broad SMARTS) is 1. The first-order valence-corrected chi connectivity index (χ1v) is 4.96. The summed E-state index contributed by atoms with van der Waals surface area (Å²) in [6, 6.07) is 0. The lowest BCUT2D eigenvalue weighted by Gasteiger charge is -2.25. The lowest BCUT2D eigenvalue weighted by molar-refractivity contribution is -0.388. The lowest BCUT2D eigenvalue weighted by Crippen LogP contribution is -2.45. The van der Waals surface area contributed by atoms with E-state index in [2.05, 4.69) is 0 Å². The molecular weight excluding hydrogens is 200 g/mol. The number of aliphatic hydroxyl groups is 1. The van der Waals surface area contributed by atoms with Gasteiger partial charge < -0.3 is 15.0 Å². The second-order valence-electron chi connectivity index (χ2n) is 4.36. The first-order valence-electron chi connectivity index (χ1n) is 4.96. The van der Waals surface area contributed by atoms with Crippen LogP contribution >= 0.6 is 0 Å². The summed E-state index contributed by atoms with van der Waals surface area (Å²) in [5, 5.41) is 19.6. The summed E-state index contributed by atoms with van der Waals surface area (Å²) >= 11 is 0. The molecule has 0 radical (unpaired) electrons. The fourth-order valence-corrected chi connectivity index (χ4v) is 0.982. The Labute approximate surface area is 89.9 Å². The van der Waals surface area contributed by atoms with Crippen LogP contribution in [0, 0.1) is 5.92 Å². The SMILES string of the molecule is CC(O)CC(C)COOC(C)(C)C(=O)[O-]. The number of carbonyl (C=O) groups excluding carboxylic acids is 1. The van der Waals surface area contributed by atoms with Crippen LogP contribution in [0.4, 0.5) is 0 Å². The van der Waals surface area contributed by atoms with E-state index in [-0.39, 0.29) is 12.5 Å². The molecule has 0 bridgehead atoms. The van der Waals surface area contributed by atoms with Gasteiger partial charge in [0, 0.05) is 0 Å². The van der Waals surface area contributed by atoms with Gasteiger partial charge in [0.2, 0.25) is 0 Å². The Kier molecular flexibility index (Phi) is 5.79. The van der Waals surface area contributed by atoms with Gasteiger partial charge in [-0.15, -0.1) is 0 Å². The van der Waals surface area contributed by atoms with Crippen LogP contribution in [0.2, 0.25) is 0 Å². The van der Waals surface area contributed by atoms with Gasteiger partial charge in [0.25, 0.3) is 0 Å². The Hall–Kier alpha value is -0.650. The first-order chi connectivity index (χ1) is 6.75. The smallest absolute Gasteiger partial charge is 0.137 e. The predicted octanol–water partition coefficient (Wildman–Crippen LogP) is -0.130. The Balaban J connectivity index is 3.74. The number of rotatable bonds is 7. The highest BCUT2D eigenvalue weighted by molar-refractivity contribution is 5.73. The van der Waals surface area contributed by atoms with Gasteiger partial charge in [0.05, 0.1) is 18.7 Å². The number of aliphatic carboxylic acids is 1. The van der Waals surface area contributed by atoms with Crippen LogP contribution in [0.5, 0.6) is 0 Å². The van der Waals surface area contributed by atoms with Crippen molar-refractivity contribution in [3.63, 3.8) is 0 Å². The normalized spacial score (nSPS) is 16.1. The van der Waals surface area contributed by atoms with Crippen molar-refractivity contribution in [2.75, 3.05) is 6.61 Å². The summed E-state index contributed by atoms with van der Waals surface area (Å²) in [7, 11) is 0. The summed E-state index contributed by atoms with van der Waals surface area (Å²) in [5.74, 6) is -1.23. The molecule has 15 heavy (non-hydrogen) atoms. The summed E-state index contributed by atoms with van der Waals surface area (Å²) in [6.07, 6.45) is 0.174. The van der Waals surface area contributed by atoms with E-state index in [1.165, 1.54) is 13.8 Å². The molecule has 0 aliphatic heterocycles. The van der Waals surface area contributed by atoms with Crippen molar-refractivity contribution in [2.45, 2.75) is 45.8 Å². The first kappa shape index (κ1) is 14.3. The van der Waals surface area contributed by atoms with E-state index in [0.717, 1.165) is 0 Å². The van der Waals surface area contributed by atoms with E-state index >= 15 is 0 Å². The van der Waals surface area contributed by atoms with Crippen molar-refractivity contribution in [3.05, 3.63) is 0 Å². The molecule has 90 valence electrons. The molecule has 0 aromatic carbocycles. The molecule has 0 saturated carbocycles. The predicted molar refractivity (Wildman–Crippen MR) is 51.6 cm³/mol. The van der Waals surface area contributed by atoms with Crippen LogP contribution in [0.15, 0.2) is 0 Å². The Bertz CT molecular complexity index is 200. The third-order valence-corrected chi connectivity index (χ3v) is 1.85. The van der Waals surface area contributed by atoms with E-state index < -0.39 is 17.7 Å². The minimum Gasteiger partial charge on any atom is -0.547 e. The molecule has 0 aromatic rings. The van der Waals surface area contributed by atoms with E-state index in [9.17, 15) is 9.90 Å². The van der Waals surface area contributed by atoms with Crippen molar-refractivity contribution in [2.24, 2.45) is 5.92 Å². The van der Waals surface area contributed by atoms with Crippen molar-refractivity contribution in [1.82, 2.24) is 0 Å². The Morgan fingerprint density at radius 2 is 2.00 bits per heavy atom. The lowest BCUT2D eigenvalue weighted by atomic mass is 10.1. The monoisotopic (exact) mass is 219 g/mol. The fourth-order valence-electron chi connectivity index (χ4n) is 0.982. The van der Waals surface area contributed by atoms with Gasteiger partial charge >= 0.3 is 0 Å². The molecule has 0 fully saturated rings. The van der Waals surface area contributed by atoms with Crippen LogP contribution < -0.4 is 5.11 Å². The second-order valence-corrected chi connectivity index (χ2v) is 4.36. The molecule has 5 nitrogen and oxygen atoms in total. The number of aliphatic hydroxyl groups excluding tert-OH is 1. The fraction of sp³-hybridized carbons (Fsp3) is 0.900. The molecule has 0 saturated heterocycles. The summed E-state index contributed by atoms with van der Waals surface area (Å²) in [4.78, 5) is 20.0. The average molecular weight is 219 g/mol. The summed E-state index contributed by atoms with van der Waals surface area (Å²) in [6.45, 7) is 6.50. The molecule has 0 aliphatic carbocycles. The molecule has 2 unspecified atom stereocenters. The van der Waals surface area contributed by atoms with Crippen molar-refractivity contribution >= 4 is 5.97 Å². The van der Waals surface area contributed by atoms with Gasteiger partial charge in [-0.3, -0.25) is 0 Å². The van der Waals surface area contributed by atoms with Crippen LogP contribution in [-0.2, 0) is 14.6 Å². The van der Waals surface area contributed by atoms with Gasteiger partial charge in [0.15, 0.2) is 0 Å². The van der Waals surface area contributed by atoms with E-state index in [1.54, 1.807) is 6.92 Å². The number of hydrogen-bond donors (Lipinski definition) is 1. The van der Waals surface area contributed by atoms with Gasteiger partial charge in [-0.2, -0.15) is 0 Å². The summed E-state index contributed by atoms with van der Waals surface area (Å²) < 4.78 is 0. The third kappa shape index (κ3) is 6.43. The molecule has 0 heterocycles. The van der Waals surface area contributed by atoms with Gasteiger partial charge in [0.1, 0.15) is 5.60 Å². The zero-order valence-corrected chi connectivity index (χ0v) is 9.65. The average Bonchev–Trinajstić information content (AvgIpc) is 2.01. The molecule has 0 aliphatic rings. The number of hydrogen-bond acceptors (Lipinski definition) is 5. The van der Waals surface area contributed by atoms with Crippen LogP contribution in [-0.4, -0.2) is 29.4 Å². The summed E-state index contributed by atoms with van der Waals surface area (Å²) in [5.41, 5.74) is -1.45. The molecule has 0 spiro atoms. The minimum absolute atomic E-state index is 0.0996. The molecular formula is C10H19O5-. The molecule has 5 heteroatoms. The van der Waals surface area contributed by atoms with Crippen molar-refractivity contribution in [3.8, 4) is 0 Å². The highest BCUT2D eigenvalue weighted by Gasteiger charge is 2.22. The van der Waals surface area contributed by atoms with E-state index in [0.29, 0.717) is 6.42 Å². The quantitative estimate of drug-likeness (QED) is 0.476. The maximum atomic E-state index is 10.5. The number of carbonyl (C=O) groups is 1. The molecule has 1 N–H and O–H groups in total. The Morgan fingerprint density at radius 3 is 2.40 bits per heavy atom. The second kappa shape index (κ2) is 6.05. The zero-order chi connectivity index (χ0) is 12.1. The van der Waals surface area contributed by atoms with Gasteiger partial charge in [-0.05, 0) is 33.1 Å². The molecule has 0 amide bonds. The largest absolute Gasteiger partial charge is 0.547 e. The minimum atomic E-state index is -1.45. The van der Waals surface area contributed by atoms with Crippen molar-refractivity contribution in [1.29, 1.82) is 0 Å². The third-order valence-electron chi connectivity index (χ3n) is 1.85. The van der Waals surface area contributed by atoms with Crippen LogP contribution in [0.3, 0.4) is 0 Å². The topological polar surface area (TPSA) is 78.8 Å². The number of carboxylic acids is 1. The zero-order valence-electron chi connectivity index (χ0n) is 9.65. The molecule has 2 atom stereocenters. The highest BCUT2D eigenvalue weighted by atomic mass is 17.2. The maximum absolute atomic E-state index is 10.5. The van der Waals surface area contributed by atoms with Crippen LogP contribution in [0.25, 0.3) is 0 Å². The van der Waals surface area contributed by atoms with Gasteiger partial charge in [-0.1, -0.05) is 6.92 Å². The standard InChI is InChI=1S/C10H20O5/c1-7(5-8(2)11)6-14-15-10(3,4)9(12)13/h7-8,11H,5-6H2,1-4H3,(H,12,13)/p-1. The maximum Gasteiger partial charge on any atom is 0.137 e. The van der Waals surface area contributed by atoms with Crippen LogP contribution in [0.1, 0.15) is 34.1 Å². The van der Waals surface area contributed by atoms with E-state index in [1.807, 2.05) is 6.92 Å². The highest BCUT2D eigenvalue weighted by Crippen LogP contribution is 2.11. The molecule has 0 aromatic heterocycles. The Morgan fingerprint density at radius 1 is 1.47 bits per heavy atom. The van der Waals surface area contributed by atoms with E-state index in [4.69, 9.17) is 14.9 Å². The van der Waals surface area contributed by atoms with Crippen molar-refractivity contribution < 1.29 is 24.8 Å². The molecule has 0 rings (SSSR count). The van der Waals surface area contributed by atoms with Gasteiger partial charge in [-0.25, -0.2) is 9.78 Å².